The lowest BCUT2D eigenvalue weighted by atomic mass is 9.93. The van der Waals surface area contributed by atoms with Crippen LogP contribution in [-0.2, 0) is 20.9 Å². The van der Waals surface area contributed by atoms with Crippen molar-refractivity contribution in [1.29, 1.82) is 0 Å². The number of anilines is 1. The number of carbonyl (C=O) groups excluding carboxylic acids is 2. The van der Waals surface area contributed by atoms with E-state index in [-0.39, 0.29) is 36.0 Å². The zero-order valence-electron chi connectivity index (χ0n) is 22.7. The number of hydrogen-bond acceptors (Lipinski definition) is 7. The van der Waals surface area contributed by atoms with Crippen LogP contribution in [-0.4, -0.2) is 77.9 Å². The Morgan fingerprint density at radius 3 is 2.73 bits per heavy atom. The molecule has 2 heterocycles. The first-order valence-corrected chi connectivity index (χ1v) is 13.7. The number of pyridine rings is 1. The summed E-state index contributed by atoms with van der Waals surface area (Å²) in [6.45, 7) is 7.70. The Morgan fingerprint density at radius 2 is 2.02 bits per heavy atom. The van der Waals surface area contributed by atoms with Gasteiger partial charge in [-0.1, -0.05) is 42.3 Å². The minimum Gasteiger partial charge on any atom is -0.481 e. The Bertz CT molecular complexity index is 1200. The number of nitrogens with zero attached hydrogens (tertiary/aromatic N) is 2. The molecule has 1 aromatic heterocycles. The molecule has 0 aliphatic carbocycles. The zero-order valence-corrected chi connectivity index (χ0v) is 24.2. The molecule has 2 atom stereocenters. The molecule has 1 aliphatic rings. The molecule has 2 unspecified atom stereocenters. The van der Waals surface area contributed by atoms with Crippen LogP contribution in [0.1, 0.15) is 32.8 Å². The summed E-state index contributed by atoms with van der Waals surface area (Å²) in [4.78, 5) is 42.7. The van der Waals surface area contributed by atoms with Crippen molar-refractivity contribution >= 4 is 46.8 Å². The number of rotatable bonds is 12. The number of carboxylic acids is 1. The van der Waals surface area contributed by atoms with Crippen molar-refractivity contribution in [2.75, 3.05) is 38.1 Å². The number of morpholine rings is 1. The molecule has 0 spiro atoms. The van der Waals surface area contributed by atoms with E-state index in [2.05, 4.69) is 20.9 Å². The van der Waals surface area contributed by atoms with Gasteiger partial charge in [0.25, 0.3) is 5.91 Å². The number of hydrogen-bond donors (Lipinski definition) is 4. The molecule has 218 valence electrons. The van der Waals surface area contributed by atoms with Crippen molar-refractivity contribution in [3.05, 3.63) is 52.1 Å². The first kappa shape index (κ1) is 31.4. The Balaban J connectivity index is 1.46. The summed E-state index contributed by atoms with van der Waals surface area (Å²) in [5.74, 6) is -1.06. The highest BCUT2D eigenvalue weighted by Crippen LogP contribution is 2.26. The van der Waals surface area contributed by atoms with E-state index >= 15 is 0 Å². The second-order valence-corrected chi connectivity index (χ2v) is 11.0. The molecular formula is C27H35Cl2N5O6. The number of aliphatic carboxylic acids is 1. The standard InChI is InChI=1S/C27H35Cl2N5O6/c1-4-22(40-24-21(29)11-18(28)13-31-24)23(35)30-12-17-6-5-7-19(10-17)33-26(38)32-14-20-15-34(8-9-39-20)16-27(2,3)25(36)37/h5-7,10-11,13,20,22H,4,8-9,12,14-16H2,1-3H3,(H,30,35)(H,36,37)(H2,32,33,38). The van der Waals surface area contributed by atoms with Crippen molar-refractivity contribution in [2.45, 2.75) is 45.9 Å². The zero-order chi connectivity index (χ0) is 29.3. The summed E-state index contributed by atoms with van der Waals surface area (Å²) in [6.07, 6.45) is 0.736. The van der Waals surface area contributed by atoms with Crippen LogP contribution in [0.2, 0.25) is 10.0 Å². The third-order valence-corrected chi connectivity index (χ3v) is 6.73. The fraction of sp³-hybridized carbons (Fsp3) is 0.481. The molecule has 0 radical (unpaired) electrons. The van der Waals surface area contributed by atoms with E-state index in [0.29, 0.717) is 43.4 Å². The maximum absolute atomic E-state index is 12.7. The second kappa shape index (κ2) is 14.5. The summed E-state index contributed by atoms with van der Waals surface area (Å²) in [7, 11) is 0. The lowest BCUT2D eigenvalue weighted by molar-refractivity contribution is -0.149. The van der Waals surface area contributed by atoms with Gasteiger partial charge in [0.15, 0.2) is 6.10 Å². The van der Waals surface area contributed by atoms with Crippen molar-refractivity contribution < 1.29 is 29.0 Å². The quantitative estimate of drug-likeness (QED) is 0.290. The third-order valence-electron chi connectivity index (χ3n) is 6.25. The van der Waals surface area contributed by atoms with E-state index in [1.165, 1.54) is 12.3 Å². The number of aromatic nitrogens is 1. The number of ether oxygens (including phenoxy) is 2. The van der Waals surface area contributed by atoms with Gasteiger partial charge in [-0.15, -0.1) is 0 Å². The van der Waals surface area contributed by atoms with Crippen LogP contribution < -0.4 is 20.7 Å². The lowest BCUT2D eigenvalue weighted by Gasteiger charge is -2.36. The summed E-state index contributed by atoms with van der Waals surface area (Å²) in [5, 5.41) is 18.4. The lowest BCUT2D eigenvalue weighted by Crippen LogP contribution is -2.51. The molecule has 1 saturated heterocycles. The number of benzene rings is 1. The molecule has 0 saturated carbocycles. The third kappa shape index (κ3) is 9.51. The maximum atomic E-state index is 12.7. The Morgan fingerprint density at radius 1 is 1.25 bits per heavy atom. The van der Waals surface area contributed by atoms with E-state index in [1.54, 1.807) is 32.0 Å². The van der Waals surface area contributed by atoms with Gasteiger partial charge < -0.3 is 30.5 Å². The number of nitrogens with one attached hydrogen (secondary N) is 3. The maximum Gasteiger partial charge on any atom is 0.319 e. The number of carbonyl (C=O) groups is 3. The normalized spacial score (nSPS) is 16.6. The van der Waals surface area contributed by atoms with Gasteiger partial charge in [0.2, 0.25) is 5.88 Å². The highest BCUT2D eigenvalue weighted by atomic mass is 35.5. The van der Waals surface area contributed by atoms with Crippen LogP contribution >= 0.6 is 23.2 Å². The van der Waals surface area contributed by atoms with Crippen LogP contribution in [0.25, 0.3) is 0 Å². The van der Waals surface area contributed by atoms with Gasteiger partial charge in [-0.05, 0) is 44.0 Å². The van der Waals surface area contributed by atoms with E-state index in [1.807, 2.05) is 17.9 Å². The Kier molecular flexibility index (Phi) is 11.4. The van der Waals surface area contributed by atoms with Crippen molar-refractivity contribution in [2.24, 2.45) is 5.41 Å². The molecular weight excluding hydrogens is 561 g/mol. The predicted octanol–water partition coefficient (Wildman–Crippen LogP) is 3.80. The summed E-state index contributed by atoms with van der Waals surface area (Å²) >= 11 is 12.0. The molecule has 11 nitrogen and oxygen atoms in total. The largest absolute Gasteiger partial charge is 0.481 e. The summed E-state index contributed by atoms with van der Waals surface area (Å²) in [5.41, 5.74) is 0.457. The van der Waals surface area contributed by atoms with Gasteiger partial charge in [-0.2, -0.15) is 0 Å². The van der Waals surface area contributed by atoms with E-state index in [4.69, 9.17) is 32.7 Å². The van der Waals surface area contributed by atoms with Crippen LogP contribution in [0.4, 0.5) is 10.5 Å². The molecule has 3 amide bonds. The second-order valence-electron chi connectivity index (χ2n) is 10.1. The number of carboxylic acid groups (broad SMARTS) is 1. The van der Waals surface area contributed by atoms with Crippen LogP contribution in [0.5, 0.6) is 5.88 Å². The average molecular weight is 597 g/mol. The van der Waals surface area contributed by atoms with Crippen LogP contribution in [0, 0.1) is 5.41 Å². The summed E-state index contributed by atoms with van der Waals surface area (Å²) < 4.78 is 11.4. The minimum absolute atomic E-state index is 0.126. The Labute approximate surface area is 243 Å². The van der Waals surface area contributed by atoms with Crippen LogP contribution in [0.15, 0.2) is 36.5 Å². The number of urea groups is 1. The van der Waals surface area contributed by atoms with Crippen molar-refractivity contribution in [3.8, 4) is 5.88 Å². The molecule has 1 aliphatic heterocycles. The molecule has 4 N–H and O–H groups in total. The molecule has 3 rings (SSSR count). The molecule has 1 aromatic carbocycles. The first-order chi connectivity index (χ1) is 19.0. The molecule has 13 heteroatoms. The first-order valence-electron chi connectivity index (χ1n) is 12.9. The van der Waals surface area contributed by atoms with Gasteiger partial charge in [0, 0.05) is 44.6 Å². The number of halogens is 2. The van der Waals surface area contributed by atoms with E-state index in [0.717, 1.165) is 5.56 Å². The fourth-order valence-corrected chi connectivity index (χ4v) is 4.49. The van der Waals surface area contributed by atoms with Gasteiger partial charge in [0.1, 0.15) is 5.02 Å². The van der Waals surface area contributed by atoms with Gasteiger partial charge in [0.05, 0.1) is 23.1 Å². The fourth-order valence-electron chi connectivity index (χ4n) is 4.06. The smallest absolute Gasteiger partial charge is 0.319 e. The van der Waals surface area contributed by atoms with E-state index in [9.17, 15) is 19.5 Å². The monoisotopic (exact) mass is 595 g/mol. The average Bonchev–Trinajstić information content (AvgIpc) is 2.90. The van der Waals surface area contributed by atoms with Crippen LogP contribution in [0.3, 0.4) is 0 Å². The van der Waals surface area contributed by atoms with Crippen molar-refractivity contribution in [1.82, 2.24) is 20.5 Å². The predicted molar refractivity (Wildman–Crippen MR) is 152 cm³/mol. The summed E-state index contributed by atoms with van der Waals surface area (Å²) in [6, 6.07) is 8.18. The molecule has 0 bridgehead atoms. The van der Waals surface area contributed by atoms with Gasteiger partial charge in [-0.3, -0.25) is 14.5 Å². The molecule has 40 heavy (non-hydrogen) atoms. The SMILES string of the molecule is CCC(Oc1ncc(Cl)cc1Cl)C(=O)NCc1cccc(NC(=O)NCC2CN(CC(C)(C)C(=O)O)CCO2)c1. The topological polar surface area (TPSA) is 142 Å². The van der Waals surface area contributed by atoms with E-state index < -0.39 is 23.5 Å². The Hall–Kier alpha value is -3.12. The molecule has 1 fully saturated rings. The minimum atomic E-state index is -0.872. The van der Waals surface area contributed by atoms with Crippen molar-refractivity contribution in [3.63, 3.8) is 0 Å². The number of amides is 3. The highest BCUT2D eigenvalue weighted by molar-refractivity contribution is 6.35. The van der Waals surface area contributed by atoms with Gasteiger partial charge >= 0.3 is 12.0 Å². The molecule has 2 aromatic rings. The van der Waals surface area contributed by atoms with Gasteiger partial charge in [-0.25, -0.2) is 9.78 Å². The highest BCUT2D eigenvalue weighted by Gasteiger charge is 2.32.